The molecule has 22 heavy (non-hydrogen) atoms. The Balaban J connectivity index is 2.10. The smallest absolute Gasteiger partial charge is 0.375 e. The Bertz CT molecular complexity index is 532. The van der Waals surface area contributed by atoms with Crippen molar-refractivity contribution in [1.82, 2.24) is 0 Å². The van der Waals surface area contributed by atoms with Gasteiger partial charge in [-0.15, -0.1) is 11.8 Å². The van der Waals surface area contributed by atoms with E-state index in [0.717, 1.165) is 4.90 Å². The summed E-state index contributed by atoms with van der Waals surface area (Å²) in [6.07, 6.45) is 1.59. The van der Waals surface area contributed by atoms with Gasteiger partial charge < -0.3 is 18.6 Å². The highest BCUT2D eigenvalue weighted by Crippen LogP contribution is 2.26. The third-order valence-corrected chi connectivity index (χ3v) is 4.28. The van der Waals surface area contributed by atoms with Gasteiger partial charge in [0.05, 0.1) is 13.2 Å². The second-order valence-corrected chi connectivity index (χ2v) is 5.78. The first kappa shape index (κ1) is 16.9. The highest BCUT2D eigenvalue weighted by atomic mass is 32.2. The lowest BCUT2D eigenvalue weighted by atomic mass is 10.0. The third-order valence-electron chi connectivity index (χ3n) is 3.44. The van der Waals surface area contributed by atoms with Gasteiger partial charge in [0, 0.05) is 23.5 Å². The quantitative estimate of drug-likeness (QED) is 0.586. The van der Waals surface area contributed by atoms with Crippen molar-refractivity contribution in [3.8, 4) is 0 Å². The topological polar surface area (TPSA) is 75.0 Å². The average molecular weight is 328 g/mol. The number of ether oxygens (including phenoxy) is 3. The molecule has 0 saturated carbocycles. The maximum Gasteiger partial charge on any atom is 0.375 e. The van der Waals surface area contributed by atoms with E-state index in [1.165, 1.54) is 11.8 Å². The van der Waals surface area contributed by atoms with Crippen molar-refractivity contribution in [3.05, 3.63) is 17.6 Å². The van der Waals surface area contributed by atoms with Gasteiger partial charge in [0.2, 0.25) is 11.9 Å². The molecule has 2 rings (SSSR count). The van der Waals surface area contributed by atoms with Crippen LogP contribution in [0.2, 0.25) is 0 Å². The Hall–Kier alpha value is -1.47. The van der Waals surface area contributed by atoms with E-state index in [1.54, 1.807) is 19.9 Å². The SMILES string of the molecule is CCOC(=O)C(OC(=O)c1cc(SC)c(C)o1)C1CCOC1. The zero-order valence-electron chi connectivity index (χ0n) is 12.9. The van der Waals surface area contributed by atoms with Crippen LogP contribution in [0.25, 0.3) is 0 Å². The normalized spacial score (nSPS) is 19.0. The maximum atomic E-state index is 12.2. The van der Waals surface area contributed by atoms with Crippen LogP contribution < -0.4 is 0 Å². The van der Waals surface area contributed by atoms with Gasteiger partial charge in [-0.2, -0.15) is 0 Å². The summed E-state index contributed by atoms with van der Waals surface area (Å²) in [5.74, 6) is -0.640. The van der Waals surface area contributed by atoms with E-state index in [2.05, 4.69) is 0 Å². The molecule has 1 fully saturated rings. The summed E-state index contributed by atoms with van der Waals surface area (Å²) in [6.45, 7) is 4.65. The number of carbonyl (C=O) groups excluding carboxylic acids is 2. The molecule has 6 nitrogen and oxygen atoms in total. The first-order chi connectivity index (χ1) is 10.6. The molecule has 0 aromatic carbocycles. The van der Waals surface area contributed by atoms with Crippen molar-refractivity contribution in [1.29, 1.82) is 0 Å². The van der Waals surface area contributed by atoms with Gasteiger partial charge in [-0.1, -0.05) is 0 Å². The molecule has 1 saturated heterocycles. The molecule has 2 unspecified atom stereocenters. The lowest BCUT2D eigenvalue weighted by molar-refractivity contribution is -0.156. The molecule has 2 atom stereocenters. The minimum absolute atomic E-state index is 0.0927. The lowest BCUT2D eigenvalue weighted by Crippen LogP contribution is -2.36. The molecule has 0 spiro atoms. The van der Waals surface area contributed by atoms with Gasteiger partial charge in [0.25, 0.3) is 0 Å². The standard InChI is InChI=1S/C15H20O6S/c1-4-19-15(17)13(10-5-6-18-8-10)21-14(16)11-7-12(22-3)9(2)20-11/h7,10,13H,4-6,8H2,1-3H3. The molecule has 122 valence electrons. The van der Waals surface area contributed by atoms with Gasteiger partial charge in [-0.05, 0) is 26.5 Å². The van der Waals surface area contributed by atoms with Crippen LogP contribution >= 0.6 is 11.8 Å². The molecule has 2 heterocycles. The van der Waals surface area contributed by atoms with E-state index in [4.69, 9.17) is 18.6 Å². The van der Waals surface area contributed by atoms with Crippen molar-refractivity contribution in [2.45, 2.75) is 31.3 Å². The predicted octanol–water partition coefficient (Wildman–Crippen LogP) is 2.43. The van der Waals surface area contributed by atoms with Crippen LogP contribution in [0.4, 0.5) is 0 Å². The Labute approximate surface area is 133 Å². The van der Waals surface area contributed by atoms with Crippen molar-refractivity contribution in [3.63, 3.8) is 0 Å². The second kappa shape index (κ2) is 7.69. The maximum absolute atomic E-state index is 12.2. The van der Waals surface area contributed by atoms with Gasteiger partial charge in [-0.3, -0.25) is 0 Å². The summed E-state index contributed by atoms with van der Waals surface area (Å²) in [4.78, 5) is 25.1. The molecule has 1 aromatic heterocycles. The van der Waals surface area contributed by atoms with Crippen LogP contribution in [0, 0.1) is 12.8 Å². The Morgan fingerprint density at radius 2 is 2.27 bits per heavy atom. The third kappa shape index (κ3) is 3.84. The van der Waals surface area contributed by atoms with Crippen LogP contribution in [0.1, 0.15) is 29.7 Å². The minimum Gasteiger partial charge on any atom is -0.463 e. The van der Waals surface area contributed by atoms with Crippen molar-refractivity contribution < 1.29 is 28.2 Å². The Morgan fingerprint density at radius 1 is 1.50 bits per heavy atom. The fourth-order valence-electron chi connectivity index (χ4n) is 2.29. The van der Waals surface area contributed by atoms with Crippen LogP contribution in [0.15, 0.2) is 15.4 Å². The summed E-state index contributed by atoms with van der Waals surface area (Å²) in [5, 5.41) is 0. The lowest BCUT2D eigenvalue weighted by Gasteiger charge is -2.20. The van der Waals surface area contributed by atoms with E-state index in [-0.39, 0.29) is 18.3 Å². The zero-order valence-corrected chi connectivity index (χ0v) is 13.7. The zero-order chi connectivity index (χ0) is 16.1. The number of hydrogen-bond donors (Lipinski definition) is 0. The van der Waals surface area contributed by atoms with Gasteiger partial charge >= 0.3 is 11.9 Å². The van der Waals surface area contributed by atoms with E-state index < -0.39 is 18.0 Å². The predicted molar refractivity (Wildman–Crippen MR) is 80.0 cm³/mol. The van der Waals surface area contributed by atoms with Gasteiger partial charge in [-0.25, -0.2) is 9.59 Å². The number of rotatable bonds is 6. The molecule has 7 heteroatoms. The number of carbonyl (C=O) groups is 2. The molecule has 0 bridgehead atoms. The Morgan fingerprint density at radius 3 is 2.82 bits per heavy atom. The second-order valence-electron chi connectivity index (χ2n) is 4.94. The van der Waals surface area contributed by atoms with E-state index >= 15 is 0 Å². The number of esters is 2. The van der Waals surface area contributed by atoms with E-state index in [9.17, 15) is 9.59 Å². The molecule has 0 radical (unpaired) electrons. The first-order valence-electron chi connectivity index (χ1n) is 7.16. The molecular formula is C15H20O6S. The number of furan rings is 1. The molecule has 1 aromatic rings. The summed E-state index contributed by atoms with van der Waals surface area (Å²) in [7, 11) is 0. The summed E-state index contributed by atoms with van der Waals surface area (Å²) < 4.78 is 21.0. The minimum atomic E-state index is -0.960. The fourth-order valence-corrected chi connectivity index (χ4v) is 2.85. The highest BCUT2D eigenvalue weighted by molar-refractivity contribution is 7.98. The number of aryl methyl sites for hydroxylation is 1. The van der Waals surface area contributed by atoms with Crippen LogP contribution in [-0.4, -0.2) is 44.1 Å². The van der Waals surface area contributed by atoms with Crippen LogP contribution in [-0.2, 0) is 19.0 Å². The van der Waals surface area contributed by atoms with Crippen molar-refractivity contribution in [2.75, 3.05) is 26.1 Å². The molecular weight excluding hydrogens is 308 g/mol. The monoisotopic (exact) mass is 328 g/mol. The average Bonchev–Trinajstić information content (AvgIpc) is 3.13. The number of thioether (sulfide) groups is 1. The summed E-state index contributed by atoms with van der Waals surface area (Å²) >= 11 is 1.48. The summed E-state index contributed by atoms with van der Waals surface area (Å²) in [6, 6.07) is 1.62. The summed E-state index contributed by atoms with van der Waals surface area (Å²) in [5.41, 5.74) is 0. The molecule has 1 aliphatic heterocycles. The molecule has 0 N–H and O–H groups in total. The molecule has 0 amide bonds. The van der Waals surface area contributed by atoms with Gasteiger partial charge in [0.1, 0.15) is 5.76 Å². The molecule has 1 aliphatic rings. The largest absolute Gasteiger partial charge is 0.463 e. The van der Waals surface area contributed by atoms with E-state index in [0.29, 0.717) is 25.4 Å². The first-order valence-corrected chi connectivity index (χ1v) is 8.39. The van der Waals surface area contributed by atoms with Crippen molar-refractivity contribution >= 4 is 23.7 Å². The fraction of sp³-hybridized carbons (Fsp3) is 0.600. The molecule has 0 aliphatic carbocycles. The van der Waals surface area contributed by atoms with Gasteiger partial charge in [0.15, 0.2) is 0 Å². The van der Waals surface area contributed by atoms with Crippen molar-refractivity contribution in [2.24, 2.45) is 5.92 Å². The van der Waals surface area contributed by atoms with E-state index in [1.807, 2.05) is 6.26 Å². The highest BCUT2D eigenvalue weighted by Gasteiger charge is 2.36. The van der Waals surface area contributed by atoms with Crippen LogP contribution in [0.3, 0.4) is 0 Å². The van der Waals surface area contributed by atoms with Crippen LogP contribution in [0.5, 0.6) is 0 Å². The number of hydrogen-bond acceptors (Lipinski definition) is 7. The Kier molecular flexibility index (Phi) is 5.90.